The van der Waals surface area contributed by atoms with Crippen LogP contribution < -0.4 is 5.32 Å². The van der Waals surface area contributed by atoms with Gasteiger partial charge in [0.2, 0.25) is 5.91 Å². The number of allylic oxidation sites excluding steroid dienone is 1. The molecular weight excluding hydrogens is 609 g/mol. The van der Waals surface area contributed by atoms with Crippen LogP contribution in [0.1, 0.15) is 157 Å². The van der Waals surface area contributed by atoms with Crippen molar-refractivity contribution in [3.63, 3.8) is 0 Å². The van der Waals surface area contributed by atoms with Crippen molar-refractivity contribution >= 4 is 39.0 Å². The number of hydrogen-bond donors (Lipinski definition) is 1. The van der Waals surface area contributed by atoms with Crippen molar-refractivity contribution in [2.75, 3.05) is 0 Å². The van der Waals surface area contributed by atoms with Gasteiger partial charge in [0.25, 0.3) is 0 Å². The summed E-state index contributed by atoms with van der Waals surface area (Å²) in [6, 6.07) is 1.84. The van der Waals surface area contributed by atoms with Crippen LogP contribution in [0.25, 0.3) is 5.57 Å². The lowest BCUT2D eigenvalue weighted by molar-refractivity contribution is -0.126. The summed E-state index contributed by atoms with van der Waals surface area (Å²) < 4.78 is 15.7. The van der Waals surface area contributed by atoms with Gasteiger partial charge in [0.1, 0.15) is 5.82 Å². The number of carbonyl (C=O) groups excluding carboxylic acids is 1. The molecule has 0 aliphatic carbocycles. The van der Waals surface area contributed by atoms with E-state index in [0.29, 0.717) is 29.3 Å². The van der Waals surface area contributed by atoms with E-state index >= 15 is 4.39 Å². The Labute approximate surface area is 272 Å². The highest BCUT2D eigenvalue weighted by molar-refractivity contribution is 9.10. The Morgan fingerprint density at radius 1 is 1.02 bits per heavy atom. The Kier molecular flexibility index (Phi) is 21.0. The number of rotatable bonds is 16. The smallest absolute Gasteiger partial charge is 0.235 e. The molecule has 242 valence electrons. The average Bonchev–Trinajstić information content (AvgIpc) is 3.29. The minimum absolute atomic E-state index is 0.00769. The van der Waals surface area contributed by atoms with E-state index in [-0.39, 0.29) is 16.2 Å². The monoisotopic (exact) mass is 669 g/mol. The molecule has 2 atom stereocenters. The van der Waals surface area contributed by atoms with Crippen molar-refractivity contribution in [1.82, 2.24) is 5.32 Å². The zero-order chi connectivity index (χ0) is 32.5. The summed E-state index contributed by atoms with van der Waals surface area (Å²) in [6.07, 6.45) is 13.1. The maximum atomic E-state index is 15.4. The molecular formula is C37H62BrClFNO. The fourth-order valence-electron chi connectivity index (χ4n) is 5.90. The van der Waals surface area contributed by atoms with E-state index in [1.54, 1.807) is 0 Å². The van der Waals surface area contributed by atoms with Crippen LogP contribution in [0.3, 0.4) is 0 Å². The third kappa shape index (κ3) is 10.8. The van der Waals surface area contributed by atoms with Crippen LogP contribution in [0, 0.1) is 23.1 Å². The second-order valence-electron chi connectivity index (χ2n) is 11.6. The number of amides is 1. The van der Waals surface area contributed by atoms with Crippen LogP contribution in [-0.4, -0.2) is 5.91 Å². The van der Waals surface area contributed by atoms with Crippen molar-refractivity contribution in [2.24, 2.45) is 17.3 Å². The van der Waals surface area contributed by atoms with E-state index in [4.69, 9.17) is 11.6 Å². The molecule has 1 aliphatic rings. The molecule has 42 heavy (non-hydrogen) atoms. The zero-order valence-electron chi connectivity index (χ0n) is 28.7. The molecule has 5 heteroatoms. The first-order valence-electron chi connectivity index (χ1n) is 16.9. The Balaban J connectivity index is 0.00000145. The maximum absolute atomic E-state index is 15.4. The number of benzene rings is 1. The van der Waals surface area contributed by atoms with Gasteiger partial charge in [-0.2, -0.15) is 0 Å². The van der Waals surface area contributed by atoms with Crippen LogP contribution in [0.5, 0.6) is 0 Å². The Hall–Kier alpha value is -1.13. The molecule has 1 amide bonds. The highest BCUT2D eigenvalue weighted by atomic mass is 79.9. The van der Waals surface area contributed by atoms with Crippen LogP contribution >= 0.6 is 27.5 Å². The molecule has 0 bridgehead atoms. The normalized spacial score (nSPS) is 17.0. The summed E-state index contributed by atoms with van der Waals surface area (Å²) in [5.74, 6) is 1.30. The molecule has 2 unspecified atom stereocenters. The molecule has 0 radical (unpaired) electrons. The van der Waals surface area contributed by atoms with Gasteiger partial charge in [-0.1, -0.05) is 145 Å². The molecule has 1 aromatic rings. The molecule has 2 nitrogen and oxygen atoms in total. The van der Waals surface area contributed by atoms with Gasteiger partial charge in [-0.05, 0) is 81.8 Å². The summed E-state index contributed by atoms with van der Waals surface area (Å²) in [5, 5.41) is 3.50. The number of carbonyl (C=O) groups is 1. The molecule has 0 saturated heterocycles. The summed E-state index contributed by atoms with van der Waals surface area (Å²) in [6.45, 7) is 25.8. The standard InChI is InChI=1S/C27H38BrClFNO.C8H18.C2H6/c1-7-12-18(6)25-22(20-16-21(29)23(28)24(30)19(20)13-8-2)27(10-4,26(32)31-25)15-11-14-17(5)9-3;1-4-7-8(5-2)6-3;1-2/h16-17H,6-15H2,1-5H3,(H,31,32);8H,4-7H2,1-3H3;1-2H3. The number of halogens is 3. The summed E-state index contributed by atoms with van der Waals surface area (Å²) in [5.41, 5.74) is 3.24. The fourth-order valence-corrected chi connectivity index (χ4v) is 6.44. The summed E-state index contributed by atoms with van der Waals surface area (Å²) in [4.78, 5) is 13.6. The fraction of sp³-hybridized carbons (Fsp3) is 0.703. The van der Waals surface area contributed by atoms with Gasteiger partial charge in [0.05, 0.1) is 14.9 Å². The van der Waals surface area contributed by atoms with E-state index in [9.17, 15) is 4.79 Å². The summed E-state index contributed by atoms with van der Waals surface area (Å²) >= 11 is 9.77. The third-order valence-electron chi connectivity index (χ3n) is 8.79. The molecule has 1 aliphatic heterocycles. The molecule has 0 aromatic heterocycles. The highest BCUT2D eigenvalue weighted by Gasteiger charge is 2.48. The minimum Gasteiger partial charge on any atom is -0.325 e. The molecule has 0 saturated carbocycles. The van der Waals surface area contributed by atoms with Crippen molar-refractivity contribution < 1.29 is 9.18 Å². The van der Waals surface area contributed by atoms with Gasteiger partial charge >= 0.3 is 0 Å². The van der Waals surface area contributed by atoms with E-state index < -0.39 is 5.41 Å². The van der Waals surface area contributed by atoms with Crippen molar-refractivity contribution in [3.05, 3.63) is 50.4 Å². The van der Waals surface area contributed by atoms with Crippen molar-refractivity contribution in [2.45, 2.75) is 153 Å². The van der Waals surface area contributed by atoms with Crippen molar-refractivity contribution in [1.29, 1.82) is 0 Å². The Morgan fingerprint density at radius 2 is 1.64 bits per heavy atom. The lowest BCUT2D eigenvalue weighted by Gasteiger charge is -2.31. The molecule has 1 aromatic carbocycles. The van der Waals surface area contributed by atoms with Gasteiger partial charge in [-0.3, -0.25) is 4.79 Å². The van der Waals surface area contributed by atoms with Gasteiger partial charge in [-0.25, -0.2) is 4.39 Å². The quantitative estimate of drug-likeness (QED) is 0.174. The molecule has 1 heterocycles. The lowest BCUT2D eigenvalue weighted by Crippen LogP contribution is -2.34. The molecule has 2 rings (SSSR count). The number of nitrogens with one attached hydrogen (secondary N) is 1. The van der Waals surface area contributed by atoms with Crippen LogP contribution in [0.4, 0.5) is 4.39 Å². The van der Waals surface area contributed by atoms with Crippen molar-refractivity contribution in [3.8, 4) is 0 Å². The first-order valence-corrected chi connectivity index (χ1v) is 18.1. The lowest BCUT2D eigenvalue weighted by atomic mass is 9.70. The molecule has 0 fully saturated rings. The molecule has 1 N–H and O–H groups in total. The van der Waals surface area contributed by atoms with Crippen LogP contribution in [0.2, 0.25) is 5.02 Å². The number of hydrogen-bond acceptors (Lipinski definition) is 1. The predicted molar refractivity (Wildman–Crippen MR) is 189 cm³/mol. The summed E-state index contributed by atoms with van der Waals surface area (Å²) in [7, 11) is 0. The first-order chi connectivity index (χ1) is 20.0. The maximum Gasteiger partial charge on any atom is 0.235 e. The van der Waals surface area contributed by atoms with Gasteiger partial charge in [0, 0.05) is 5.70 Å². The molecule has 0 spiro atoms. The van der Waals surface area contributed by atoms with E-state index in [0.717, 1.165) is 73.3 Å². The van der Waals surface area contributed by atoms with Crippen LogP contribution in [0.15, 0.2) is 28.4 Å². The highest BCUT2D eigenvalue weighted by Crippen LogP contribution is 2.52. The zero-order valence-corrected chi connectivity index (χ0v) is 31.0. The Bertz CT molecular complexity index is 1000. The second-order valence-corrected chi connectivity index (χ2v) is 12.8. The predicted octanol–water partition coefficient (Wildman–Crippen LogP) is 13.3. The minimum atomic E-state index is -0.703. The Morgan fingerprint density at radius 3 is 2.10 bits per heavy atom. The average molecular weight is 671 g/mol. The van der Waals surface area contributed by atoms with Gasteiger partial charge < -0.3 is 5.32 Å². The van der Waals surface area contributed by atoms with E-state index in [2.05, 4.69) is 76.3 Å². The first kappa shape index (κ1) is 40.9. The SMILES string of the molecule is C=C(CCC)C1=C(c2cc(Cl)c(Br)c(F)c2CCC)C(CC)(CCCC(C)CC)C(=O)N1.CC.CCCC(CC)CC. The van der Waals surface area contributed by atoms with E-state index in [1.807, 2.05) is 26.8 Å². The third-order valence-corrected chi connectivity index (χ3v) is 10.1. The van der Waals surface area contributed by atoms with Gasteiger partial charge in [0.15, 0.2) is 0 Å². The van der Waals surface area contributed by atoms with Gasteiger partial charge in [-0.15, -0.1) is 0 Å². The largest absolute Gasteiger partial charge is 0.325 e. The van der Waals surface area contributed by atoms with Crippen LogP contribution in [-0.2, 0) is 11.2 Å². The second kappa shape index (κ2) is 21.6. The van der Waals surface area contributed by atoms with E-state index in [1.165, 1.54) is 25.7 Å². The topological polar surface area (TPSA) is 29.1 Å².